The highest BCUT2D eigenvalue weighted by Crippen LogP contribution is 2.26. The fraction of sp³-hybridized carbons (Fsp3) is 0.762. The van der Waals surface area contributed by atoms with Gasteiger partial charge in [0.05, 0.1) is 26.4 Å². The zero-order valence-electron chi connectivity index (χ0n) is 47.7. The molecular formula is C63H108O14. The van der Waals surface area contributed by atoms with E-state index in [-0.39, 0.29) is 19.6 Å². The van der Waals surface area contributed by atoms with Crippen molar-refractivity contribution in [3.8, 4) is 0 Å². The Morgan fingerprint density at radius 1 is 0.442 bits per heavy atom. The first-order valence-corrected chi connectivity index (χ1v) is 30.2. The number of rotatable bonds is 48. The third-order valence-corrected chi connectivity index (χ3v) is 13.9. The monoisotopic (exact) mass is 1090 g/mol. The Bertz CT molecular complexity index is 1590. The first-order chi connectivity index (χ1) is 37.6. The largest absolute Gasteiger partial charge is 0.457 e. The van der Waals surface area contributed by atoms with Gasteiger partial charge >= 0.3 is 5.97 Å². The van der Waals surface area contributed by atoms with Crippen LogP contribution < -0.4 is 0 Å². The molecule has 2 aliphatic rings. The lowest BCUT2D eigenvalue weighted by Crippen LogP contribution is -2.61. The van der Waals surface area contributed by atoms with Gasteiger partial charge < -0.3 is 64.2 Å². The zero-order valence-corrected chi connectivity index (χ0v) is 47.7. The number of unbranched alkanes of at least 4 members (excludes halogenated alkanes) is 20. The summed E-state index contributed by atoms with van der Waals surface area (Å²) < 4.78 is 34.4. The molecule has 0 saturated carbocycles. The summed E-state index contributed by atoms with van der Waals surface area (Å²) in [4.78, 5) is 13.1. The van der Waals surface area contributed by atoms with Gasteiger partial charge in [0.1, 0.15) is 54.9 Å². The van der Waals surface area contributed by atoms with Crippen molar-refractivity contribution in [2.75, 3.05) is 33.0 Å². The lowest BCUT2D eigenvalue weighted by Gasteiger charge is -2.42. The van der Waals surface area contributed by atoms with Gasteiger partial charge in [0.2, 0.25) is 0 Å². The molecule has 2 fully saturated rings. The molecule has 2 saturated heterocycles. The molecule has 0 aromatic carbocycles. The number of allylic oxidation sites excluding steroid dienone is 14. The Balaban J connectivity index is 1.71. The van der Waals surface area contributed by atoms with Gasteiger partial charge in [0.25, 0.3) is 0 Å². The van der Waals surface area contributed by atoms with Crippen molar-refractivity contribution in [3.63, 3.8) is 0 Å². The Hall–Kier alpha value is -2.83. The number of ether oxygens (including phenoxy) is 6. The van der Waals surface area contributed by atoms with Crippen LogP contribution in [0.4, 0.5) is 0 Å². The minimum atomic E-state index is -1.72. The predicted octanol–water partition coefficient (Wildman–Crippen LogP) is 11.2. The van der Waals surface area contributed by atoms with E-state index in [1.54, 1.807) is 0 Å². The maximum atomic E-state index is 13.1. The van der Waals surface area contributed by atoms with E-state index in [0.29, 0.717) is 13.0 Å². The second-order valence-electron chi connectivity index (χ2n) is 20.8. The number of aliphatic hydroxyl groups is 7. The summed E-state index contributed by atoms with van der Waals surface area (Å²) >= 11 is 0. The molecule has 77 heavy (non-hydrogen) atoms. The highest BCUT2D eigenvalue weighted by atomic mass is 16.7. The van der Waals surface area contributed by atoms with Gasteiger partial charge in [-0.2, -0.15) is 0 Å². The van der Waals surface area contributed by atoms with Crippen LogP contribution in [-0.4, -0.2) is 142 Å². The average molecular weight is 1090 g/mol. The SMILES string of the molecule is CC/C=C\C/C=C\C/C=C\C/C=C\CCCCCCCCC(=O)OC(COCCCCCCCCCCC/C=C\C/C=C\C/C=C\CCCCCCC)COC1OC(COC2OC(CO)C(O)C(O)C2O)C(O)C(O)C1O. The van der Waals surface area contributed by atoms with Crippen molar-refractivity contribution in [1.82, 2.24) is 0 Å². The molecule has 0 aromatic rings. The summed E-state index contributed by atoms with van der Waals surface area (Å²) in [6, 6.07) is 0. The summed E-state index contributed by atoms with van der Waals surface area (Å²) in [6.07, 6.45) is 47.8. The quantitative estimate of drug-likeness (QED) is 0.0172. The predicted molar refractivity (Wildman–Crippen MR) is 307 cm³/mol. The molecule has 14 nitrogen and oxygen atoms in total. The van der Waals surface area contributed by atoms with Gasteiger partial charge in [0.15, 0.2) is 12.6 Å². The van der Waals surface area contributed by atoms with Crippen LogP contribution in [0, 0.1) is 0 Å². The van der Waals surface area contributed by atoms with Gasteiger partial charge in [-0.1, -0.05) is 195 Å². The van der Waals surface area contributed by atoms with Gasteiger partial charge in [-0.15, -0.1) is 0 Å². The average Bonchev–Trinajstić information content (AvgIpc) is 3.43. The Morgan fingerprint density at radius 3 is 1.32 bits per heavy atom. The molecule has 2 heterocycles. The van der Waals surface area contributed by atoms with E-state index in [1.165, 1.54) is 77.0 Å². The fourth-order valence-corrected chi connectivity index (χ4v) is 9.05. The molecule has 2 aliphatic heterocycles. The number of carbonyl (C=O) groups is 1. The highest BCUT2D eigenvalue weighted by Gasteiger charge is 2.47. The van der Waals surface area contributed by atoms with Crippen molar-refractivity contribution in [3.05, 3.63) is 85.1 Å². The van der Waals surface area contributed by atoms with E-state index in [1.807, 2.05) is 0 Å². The normalized spacial score (nSPS) is 24.9. The Kier molecular flexibility index (Phi) is 44.7. The molecule has 7 N–H and O–H groups in total. The van der Waals surface area contributed by atoms with Crippen LogP contribution in [0.2, 0.25) is 0 Å². The lowest BCUT2D eigenvalue weighted by atomic mass is 9.98. The van der Waals surface area contributed by atoms with E-state index in [4.69, 9.17) is 28.4 Å². The van der Waals surface area contributed by atoms with Gasteiger partial charge in [-0.05, 0) is 89.9 Å². The van der Waals surface area contributed by atoms with Crippen LogP contribution >= 0.6 is 0 Å². The lowest BCUT2D eigenvalue weighted by molar-refractivity contribution is -0.332. The van der Waals surface area contributed by atoms with Crippen LogP contribution in [-0.2, 0) is 33.2 Å². The summed E-state index contributed by atoms with van der Waals surface area (Å²) in [5, 5.41) is 72.4. The summed E-state index contributed by atoms with van der Waals surface area (Å²) in [6.45, 7) is 3.53. The van der Waals surface area contributed by atoms with Gasteiger partial charge in [-0.3, -0.25) is 4.79 Å². The molecule has 0 aromatic heterocycles. The molecule has 0 spiro atoms. The molecule has 11 atom stereocenters. The van der Waals surface area contributed by atoms with E-state index in [2.05, 4.69) is 98.9 Å². The summed E-state index contributed by atoms with van der Waals surface area (Å²) in [7, 11) is 0. The zero-order chi connectivity index (χ0) is 55.8. The summed E-state index contributed by atoms with van der Waals surface area (Å²) in [5.41, 5.74) is 0. The van der Waals surface area contributed by atoms with Crippen LogP contribution in [0.3, 0.4) is 0 Å². The van der Waals surface area contributed by atoms with E-state index in [9.17, 15) is 40.5 Å². The number of hydrogen-bond donors (Lipinski definition) is 7. The molecule has 0 bridgehead atoms. The molecule has 444 valence electrons. The second-order valence-corrected chi connectivity index (χ2v) is 20.8. The maximum Gasteiger partial charge on any atom is 0.306 e. The summed E-state index contributed by atoms with van der Waals surface area (Å²) in [5.74, 6) is -0.394. The van der Waals surface area contributed by atoms with Crippen molar-refractivity contribution in [2.24, 2.45) is 0 Å². The standard InChI is InChI=1S/C63H108O14/c1-3-5-7-9-11-13-15-17-19-21-23-24-25-26-27-29-31-33-35-37-39-41-43-45-47-72-49-52(75-55(65)46-44-42-40-38-36-34-32-30-28-22-20-18-16-14-12-10-8-6-4-2)50-73-62-61(71)59(69)57(67)54(77-62)51-74-63-60(70)58(68)56(66)53(48-64)76-63/h6,8,12,14-15,17-18,20-21,23,25-26,28,30,52-54,56-64,66-71H,3-5,7,9-11,13,16,19,22,24,27,29,31-51H2,1-2H3/b8-6-,14-12-,17-15-,20-18-,23-21-,26-25-,30-28-. The number of esters is 1. The minimum absolute atomic E-state index is 0.0471. The third kappa shape index (κ3) is 35.5. The van der Waals surface area contributed by atoms with E-state index >= 15 is 0 Å². The smallest absolute Gasteiger partial charge is 0.306 e. The number of carbonyl (C=O) groups excluding carboxylic acids is 1. The Labute approximate surface area is 465 Å². The van der Waals surface area contributed by atoms with Gasteiger partial charge in [0, 0.05) is 13.0 Å². The van der Waals surface area contributed by atoms with Crippen molar-refractivity contribution in [1.29, 1.82) is 0 Å². The minimum Gasteiger partial charge on any atom is -0.457 e. The molecule has 0 amide bonds. The van der Waals surface area contributed by atoms with Crippen LogP contribution in [0.5, 0.6) is 0 Å². The first kappa shape index (κ1) is 70.3. The topological polar surface area (TPSA) is 214 Å². The maximum absolute atomic E-state index is 13.1. The molecule has 0 aliphatic carbocycles. The molecule has 11 unspecified atom stereocenters. The second kappa shape index (κ2) is 49.0. The highest BCUT2D eigenvalue weighted by molar-refractivity contribution is 5.69. The molecule has 0 radical (unpaired) electrons. The molecule has 2 rings (SSSR count). The van der Waals surface area contributed by atoms with Crippen LogP contribution in [0.1, 0.15) is 206 Å². The van der Waals surface area contributed by atoms with Crippen LogP contribution in [0.25, 0.3) is 0 Å². The molecule has 14 heteroatoms. The molecular weight excluding hydrogens is 981 g/mol. The van der Waals surface area contributed by atoms with Crippen molar-refractivity contribution < 1.29 is 69.0 Å². The number of aliphatic hydroxyl groups excluding tert-OH is 7. The van der Waals surface area contributed by atoms with Crippen LogP contribution in [0.15, 0.2) is 85.1 Å². The third-order valence-electron chi connectivity index (χ3n) is 13.9. The van der Waals surface area contributed by atoms with Crippen molar-refractivity contribution in [2.45, 2.75) is 274 Å². The fourth-order valence-electron chi connectivity index (χ4n) is 9.05. The first-order valence-electron chi connectivity index (χ1n) is 30.2. The number of hydrogen-bond acceptors (Lipinski definition) is 14. The van der Waals surface area contributed by atoms with E-state index < -0.39 is 86.7 Å². The van der Waals surface area contributed by atoms with E-state index in [0.717, 1.165) is 103 Å². The van der Waals surface area contributed by atoms with Crippen molar-refractivity contribution >= 4 is 5.97 Å². The Morgan fingerprint density at radius 2 is 0.844 bits per heavy atom. The van der Waals surface area contributed by atoms with Gasteiger partial charge in [-0.25, -0.2) is 0 Å².